The van der Waals surface area contributed by atoms with E-state index >= 15 is 0 Å². The Labute approximate surface area is 133 Å². The van der Waals surface area contributed by atoms with Crippen LogP contribution in [-0.2, 0) is 0 Å². The Balaban J connectivity index is 0. The highest BCUT2D eigenvalue weighted by molar-refractivity contribution is 14.0. The minimum absolute atomic E-state index is 0. The van der Waals surface area contributed by atoms with E-state index in [0.29, 0.717) is 0 Å². The summed E-state index contributed by atoms with van der Waals surface area (Å²) in [6, 6.07) is 0. The van der Waals surface area contributed by atoms with Crippen molar-refractivity contribution in [1.29, 1.82) is 0 Å². The van der Waals surface area contributed by atoms with Crippen LogP contribution in [0, 0.1) is 0 Å². The zero-order valence-electron chi connectivity index (χ0n) is 13.0. The molecule has 0 saturated heterocycles. The molecule has 1 nitrogen and oxygen atoms in total. The van der Waals surface area contributed by atoms with Crippen molar-refractivity contribution in [2.24, 2.45) is 5.73 Å². The first-order valence-electron chi connectivity index (χ1n) is 7.85. The van der Waals surface area contributed by atoms with Gasteiger partial charge >= 0.3 is 0 Å². The average Bonchev–Trinajstić information content (AvgIpc) is 2.24. The van der Waals surface area contributed by atoms with E-state index in [4.69, 9.17) is 5.73 Å². The first-order chi connectivity index (χ1) is 8.06. The Morgan fingerprint density at radius 3 is 1.33 bits per heavy atom. The molecule has 0 atom stereocenters. The third kappa shape index (κ3) is 19.0. The topological polar surface area (TPSA) is 26.0 Å². The highest BCUT2D eigenvalue weighted by Gasteiger charge is 2.08. The van der Waals surface area contributed by atoms with Crippen molar-refractivity contribution in [3.05, 3.63) is 0 Å². The average molecular weight is 369 g/mol. The van der Waals surface area contributed by atoms with Gasteiger partial charge in [-0.3, -0.25) is 0 Å². The first kappa shape index (κ1) is 21.0. The molecule has 0 saturated carbocycles. The van der Waals surface area contributed by atoms with Gasteiger partial charge in [0.05, 0.1) is 0 Å². The van der Waals surface area contributed by atoms with Crippen molar-refractivity contribution < 1.29 is 0 Å². The molecule has 0 aliphatic heterocycles. The normalized spacial score (nSPS) is 11.3. The van der Waals surface area contributed by atoms with Gasteiger partial charge in [0.15, 0.2) is 0 Å². The van der Waals surface area contributed by atoms with Crippen molar-refractivity contribution in [3.63, 3.8) is 0 Å². The smallest absolute Gasteiger partial charge is 0.00970 e. The van der Waals surface area contributed by atoms with Crippen molar-refractivity contribution in [2.45, 2.75) is 103 Å². The van der Waals surface area contributed by atoms with Gasteiger partial charge in [-0.05, 0) is 20.3 Å². The molecular weight excluding hydrogens is 333 g/mol. The maximum absolute atomic E-state index is 5.96. The lowest BCUT2D eigenvalue weighted by molar-refractivity contribution is 0.440. The second kappa shape index (κ2) is 14.1. The molecule has 0 fully saturated rings. The fourth-order valence-corrected chi connectivity index (χ4v) is 2.24. The number of hydrogen-bond donors (Lipinski definition) is 1. The van der Waals surface area contributed by atoms with E-state index in [1.807, 2.05) is 0 Å². The Bertz CT molecular complexity index is 152. The molecule has 0 unspecified atom stereocenters. The van der Waals surface area contributed by atoms with Crippen molar-refractivity contribution in [1.82, 2.24) is 0 Å². The fourth-order valence-electron chi connectivity index (χ4n) is 2.24. The number of unbranched alkanes of at least 4 members (excludes halogenated alkanes) is 10. The SMILES string of the molecule is CCCCCCCCCCCCCC(C)(C)N.I. The molecule has 18 heavy (non-hydrogen) atoms. The van der Waals surface area contributed by atoms with E-state index in [0.717, 1.165) is 0 Å². The van der Waals surface area contributed by atoms with E-state index in [1.165, 1.54) is 77.0 Å². The standard InChI is InChI=1S/C16H35N.HI/c1-4-5-6-7-8-9-10-11-12-13-14-15-16(2,3)17;/h4-15,17H2,1-3H3;1H. The molecule has 0 spiro atoms. The molecule has 0 aromatic heterocycles. The summed E-state index contributed by atoms with van der Waals surface area (Å²) in [4.78, 5) is 0. The van der Waals surface area contributed by atoms with Crippen LogP contribution in [0.3, 0.4) is 0 Å². The molecule has 112 valence electrons. The Hall–Kier alpha value is 0.690. The van der Waals surface area contributed by atoms with Crippen LogP contribution in [-0.4, -0.2) is 5.54 Å². The largest absolute Gasteiger partial charge is 0.326 e. The van der Waals surface area contributed by atoms with Crippen LogP contribution in [0.1, 0.15) is 97.8 Å². The van der Waals surface area contributed by atoms with E-state index in [1.54, 1.807) is 0 Å². The minimum Gasteiger partial charge on any atom is -0.326 e. The summed E-state index contributed by atoms with van der Waals surface area (Å²) in [5, 5.41) is 0. The lowest BCUT2D eigenvalue weighted by atomic mass is 9.97. The van der Waals surface area contributed by atoms with E-state index < -0.39 is 0 Å². The molecule has 0 aromatic carbocycles. The van der Waals surface area contributed by atoms with Crippen molar-refractivity contribution in [3.8, 4) is 0 Å². The highest BCUT2D eigenvalue weighted by Crippen LogP contribution is 2.14. The zero-order valence-corrected chi connectivity index (χ0v) is 15.3. The van der Waals surface area contributed by atoms with Crippen LogP contribution in [0.2, 0.25) is 0 Å². The molecule has 0 aliphatic rings. The van der Waals surface area contributed by atoms with Gasteiger partial charge in [0.1, 0.15) is 0 Å². The van der Waals surface area contributed by atoms with Crippen LogP contribution < -0.4 is 5.73 Å². The summed E-state index contributed by atoms with van der Waals surface area (Å²) in [5.41, 5.74) is 6.00. The molecule has 0 aliphatic carbocycles. The molecule has 0 rings (SSSR count). The zero-order chi connectivity index (χ0) is 13.0. The third-order valence-corrected chi connectivity index (χ3v) is 3.42. The van der Waals surface area contributed by atoms with Crippen LogP contribution in [0.25, 0.3) is 0 Å². The molecule has 0 radical (unpaired) electrons. The molecule has 0 heterocycles. The van der Waals surface area contributed by atoms with Gasteiger partial charge in [-0.15, -0.1) is 24.0 Å². The highest BCUT2D eigenvalue weighted by atomic mass is 127. The summed E-state index contributed by atoms with van der Waals surface area (Å²) in [5.74, 6) is 0. The minimum atomic E-state index is 0. The van der Waals surface area contributed by atoms with Crippen LogP contribution in [0.15, 0.2) is 0 Å². The summed E-state index contributed by atoms with van der Waals surface area (Å²) in [7, 11) is 0. The van der Waals surface area contributed by atoms with Crippen LogP contribution in [0.4, 0.5) is 0 Å². The molecule has 2 heteroatoms. The Morgan fingerprint density at radius 1 is 0.667 bits per heavy atom. The summed E-state index contributed by atoms with van der Waals surface area (Å²) in [6.45, 7) is 6.54. The van der Waals surface area contributed by atoms with Gasteiger partial charge in [0.25, 0.3) is 0 Å². The number of hydrogen-bond acceptors (Lipinski definition) is 1. The predicted octanol–water partition coefficient (Wildman–Crippen LogP) is 6.04. The first-order valence-corrected chi connectivity index (χ1v) is 7.85. The monoisotopic (exact) mass is 369 g/mol. The molecule has 0 aromatic rings. The summed E-state index contributed by atoms with van der Waals surface area (Å²) < 4.78 is 0. The third-order valence-electron chi connectivity index (χ3n) is 3.42. The van der Waals surface area contributed by atoms with Crippen LogP contribution in [0.5, 0.6) is 0 Å². The predicted molar refractivity (Wildman–Crippen MR) is 94.8 cm³/mol. The number of nitrogens with two attached hydrogens (primary N) is 1. The molecular formula is C16H36IN. The molecule has 0 bridgehead atoms. The quantitative estimate of drug-likeness (QED) is 0.329. The van der Waals surface area contributed by atoms with Gasteiger partial charge in [0.2, 0.25) is 0 Å². The van der Waals surface area contributed by atoms with Gasteiger partial charge in [-0.25, -0.2) is 0 Å². The van der Waals surface area contributed by atoms with Gasteiger partial charge in [-0.1, -0.05) is 77.6 Å². The maximum atomic E-state index is 5.96. The van der Waals surface area contributed by atoms with E-state index in [-0.39, 0.29) is 29.5 Å². The lowest BCUT2D eigenvalue weighted by Gasteiger charge is -2.17. The fraction of sp³-hybridized carbons (Fsp3) is 1.00. The van der Waals surface area contributed by atoms with E-state index in [9.17, 15) is 0 Å². The Morgan fingerprint density at radius 2 is 1.00 bits per heavy atom. The Kier molecular flexibility index (Phi) is 16.5. The summed E-state index contributed by atoms with van der Waals surface area (Å²) in [6.07, 6.45) is 16.7. The molecule has 0 amide bonds. The second-order valence-corrected chi connectivity index (χ2v) is 6.27. The van der Waals surface area contributed by atoms with E-state index in [2.05, 4.69) is 20.8 Å². The van der Waals surface area contributed by atoms with Gasteiger partial charge < -0.3 is 5.73 Å². The number of halogens is 1. The maximum Gasteiger partial charge on any atom is 0.00970 e. The van der Waals surface area contributed by atoms with Crippen LogP contribution >= 0.6 is 24.0 Å². The van der Waals surface area contributed by atoms with Crippen molar-refractivity contribution >= 4 is 24.0 Å². The van der Waals surface area contributed by atoms with Crippen molar-refractivity contribution in [2.75, 3.05) is 0 Å². The summed E-state index contributed by atoms with van der Waals surface area (Å²) >= 11 is 0. The lowest BCUT2D eigenvalue weighted by Crippen LogP contribution is -2.31. The van der Waals surface area contributed by atoms with Gasteiger partial charge in [-0.2, -0.15) is 0 Å². The molecule has 2 N–H and O–H groups in total. The number of rotatable bonds is 12. The van der Waals surface area contributed by atoms with Gasteiger partial charge in [0, 0.05) is 5.54 Å². The second-order valence-electron chi connectivity index (χ2n) is 6.27.